The lowest BCUT2D eigenvalue weighted by Crippen LogP contribution is -2.08. The van der Waals surface area contributed by atoms with Crippen LogP contribution < -0.4 is 4.74 Å². The van der Waals surface area contributed by atoms with Crippen molar-refractivity contribution in [1.29, 1.82) is 0 Å². The van der Waals surface area contributed by atoms with Crippen molar-refractivity contribution >= 4 is 22.2 Å². The molecule has 0 amide bonds. The molecule has 1 aromatic heterocycles. The van der Waals surface area contributed by atoms with Crippen LogP contribution in [0.3, 0.4) is 0 Å². The lowest BCUT2D eigenvalue weighted by Gasteiger charge is -2.07. The second-order valence-corrected chi connectivity index (χ2v) is 4.51. The van der Waals surface area contributed by atoms with E-state index in [4.69, 9.17) is 4.74 Å². The van der Waals surface area contributed by atoms with Gasteiger partial charge in [0.1, 0.15) is 5.75 Å². The number of carbonyl (C=O) groups excluding carboxylic acids is 1. The number of halogens is 4. The first kappa shape index (κ1) is 14.4. The first-order valence-electron chi connectivity index (χ1n) is 5.23. The average molecular weight is 347 g/mol. The van der Waals surface area contributed by atoms with Gasteiger partial charge in [-0.1, -0.05) is 15.9 Å². The van der Waals surface area contributed by atoms with E-state index in [0.717, 1.165) is 12.1 Å². The Labute approximate surface area is 119 Å². The molecule has 8 heteroatoms. The van der Waals surface area contributed by atoms with Crippen LogP contribution in [0.1, 0.15) is 16.1 Å². The summed E-state index contributed by atoms with van der Waals surface area (Å²) in [6, 6.07) is 6.36. The molecule has 4 nitrogen and oxygen atoms in total. The third kappa shape index (κ3) is 3.32. The van der Waals surface area contributed by atoms with Gasteiger partial charge < -0.3 is 4.74 Å². The zero-order valence-electron chi connectivity index (χ0n) is 9.69. The van der Waals surface area contributed by atoms with Gasteiger partial charge in [-0.05, 0) is 24.3 Å². The van der Waals surface area contributed by atoms with Crippen molar-refractivity contribution in [3.05, 3.63) is 46.1 Å². The standard InChI is InChI=1S/C12H6BrF3N2O2/c13-9-2-1-8(5-7(9)6-19)20-11-4-3-10(17-18-11)12(14,15)16/h1-6H. The fourth-order valence-electron chi connectivity index (χ4n) is 1.32. The third-order valence-electron chi connectivity index (χ3n) is 2.25. The van der Waals surface area contributed by atoms with Crippen molar-refractivity contribution in [2.75, 3.05) is 0 Å². The maximum absolute atomic E-state index is 12.3. The quantitative estimate of drug-likeness (QED) is 0.792. The Morgan fingerprint density at radius 3 is 2.45 bits per heavy atom. The number of alkyl halides is 3. The smallest absolute Gasteiger partial charge is 0.435 e. The molecule has 0 radical (unpaired) electrons. The number of rotatable bonds is 3. The summed E-state index contributed by atoms with van der Waals surface area (Å²) in [6.45, 7) is 0. The monoisotopic (exact) mass is 346 g/mol. The first-order chi connectivity index (χ1) is 9.40. The predicted molar refractivity (Wildman–Crippen MR) is 66.6 cm³/mol. The molecule has 0 fully saturated rings. The van der Waals surface area contributed by atoms with E-state index in [1.54, 1.807) is 6.07 Å². The summed E-state index contributed by atoms with van der Waals surface area (Å²) >= 11 is 3.17. The van der Waals surface area contributed by atoms with E-state index in [9.17, 15) is 18.0 Å². The van der Waals surface area contributed by atoms with Crippen molar-refractivity contribution in [2.24, 2.45) is 0 Å². The van der Waals surface area contributed by atoms with Crippen LogP contribution in [0.5, 0.6) is 11.6 Å². The first-order valence-corrected chi connectivity index (χ1v) is 6.03. The molecule has 0 aliphatic rings. The summed E-state index contributed by atoms with van der Waals surface area (Å²) in [5, 5.41) is 6.35. The molecule has 0 bridgehead atoms. The molecular weight excluding hydrogens is 341 g/mol. The molecule has 2 aromatic rings. The van der Waals surface area contributed by atoms with Crippen molar-refractivity contribution in [3.63, 3.8) is 0 Å². The summed E-state index contributed by atoms with van der Waals surface area (Å²) < 4.78 is 42.7. The minimum absolute atomic E-state index is 0.0998. The minimum Gasteiger partial charge on any atom is -0.438 e. The lowest BCUT2D eigenvalue weighted by molar-refractivity contribution is -0.141. The van der Waals surface area contributed by atoms with E-state index in [-0.39, 0.29) is 11.6 Å². The van der Waals surface area contributed by atoms with E-state index >= 15 is 0 Å². The van der Waals surface area contributed by atoms with Gasteiger partial charge in [0.2, 0.25) is 5.88 Å². The van der Waals surface area contributed by atoms with Gasteiger partial charge in [-0.15, -0.1) is 10.2 Å². The average Bonchev–Trinajstić information content (AvgIpc) is 2.40. The third-order valence-corrected chi connectivity index (χ3v) is 2.97. The molecule has 0 spiro atoms. The number of aldehydes is 1. The van der Waals surface area contributed by atoms with Gasteiger partial charge in [-0.2, -0.15) is 13.2 Å². The Bertz CT molecular complexity index is 630. The van der Waals surface area contributed by atoms with Gasteiger partial charge in [0.25, 0.3) is 0 Å². The van der Waals surface area contributed by atoms with Crippen LogP contribution in [0.4, 0.5) is 13.2 Å². The number of ether oxygens (including phenoxy) is 1. The number of nitrogens with zero attached hydrogens (tertiary/aromatic N) is 2. The SMILES string of the molecule is O=Cc1cc(Oc2ccc(C(F)(F)F)nn2)ccc1Br. The largest absolute Gasteiger partial charge is 0.438 e. The number of aromatic nitrogens is 2. The van der Waals surface area contributed by atoms with Gasteiger partial charge >= 0.3 is 6.18 Å². The van der Waals surface area contributed by atoms with Gasteiger partial charge in [-0.3, -0.25) is 4.79 Å². The van der Waals surface area contributed by atoms with Crippen LogP contribution in [-0.2, 0) is 6.18 Å². The lowest BCUT2D eigenvalue weighted by atomic mass is 10.2. The molecule has 0 atom stereocenters. The Balaban J connectivity index is 2.20. The fourth-order valence-corrected chi connectivity index (χ4v) is 1.66. The number of benzene rings is 1. The maximum Gasteiger partial charge on any atom is 0.435 e. The highest BCUT2D eigenvalue weighted by Gasteiger charge is 2.32. The Morgan fingerprint density at radius 1 is 1.15 bits per heavy atom. The zero-order chi connectivity index (χ0) is 14.8. The molecule has 20 heavy (non-hydrogen) atoms. The van der Waals surface area contributed by atoms with Crippen molar-refractivity contribution < 1.29 is 22.7 Å². The van der Waals surface area contributed by atoms with Gasteiger partial charge in [0.15, 0.2) is 12.0 Å². The molecular formula is C12H6BrF3N2O2. The fraction of sp³-hybridized carbons (Fsp3) is 0.0833. The normalized spacial score (nSPS) is 11.2. The second kappa shape index (κ2) is 5.58. The van der Waals surface area contributed by atoms with Crippen LogP contribution in [0.15, 0.2) is 34.8 Å². The topological polar surface area (TPSA) is 52.1 Å². The molecule has 0 saturated heterocycles. The highest BCUT2D eigenvalue weighted by Crippen LogP contribution is 2.29. The van der Waals surface area contributed by atoms with Crippen LogP contribution in [0, 0.1) is 0 Å². The van der Waals surface area contributed by atoms with Crippen molar-refractivity contribution in [3.8, 4) is 11.6 Å². The van der Waals surface area contributed by atoms with E-state index in [1.807, 2.05) is 0 Å². The predicted octanol–water partition coefficient (Wildman–Crippen LogP) is 3.86. The van der Waals surface area contributed by atoms with Crippen molar-refractivity contribution in [2.45, 2.75) is 6.18 Å². The van der Waals surface area contributed by atoms with Crippen molar-refractivity contribution in [1.82, 2.24) is 10.2 Å². The van der Waals surface area contributed by atoms with Crippen LogP contribution in [-0.4, -0.2) is 16.5 Å². The number of carbonyl (C=O) groups is 1. The molecule has 1 aromatic carbocycles. The molecule has 0 N–H and O–H groups in total. The Hall–Kier alpha value is -1.96. The summed E-state index contributed by atoms with van der Waals surface area (Å²) in [5.41, 5.74) is -0.753. The highest BCUT2D eigenvalue weighted by molar-refractivity contribution is 9.10. The maximum atomic E-state index is 12.3. The van der Waals surface area contributed by atoms with E-state index in [2.05, 4.69) is 26.1 Å². The molecule has 1 heterocycles. The van der Waals surface area contributed by atoms with E-state index in [1.165, 1.54) is 12.1 Å². The van der Waals surface area contributed by atoms with Gasteiger partial charge in [0, 0.05) is 16.1 Å². The Kier molecular flexibility index (Phi) is 4.03. The van der Waals surface area contributed by atoms with Gasteiger partial charge in [0.05, 0.1) is 0 Å². The van der Waals surface area contributed by atoms with E-state index < -0.39 is 11.9 Å². The van der Waals surface area contributed by atoms with Crippen LogP contribution in [0.2, 0.25) is 0 Å². The zero-order valence-corrected chi connectivity index (χ0v) is 11.3. The minimum atomic E-state index is -4.55. The molecule has 2 rings (SSSR count). The van der Waals surface area contributed by atoms with E-state index in [0.29, 0.717) is 16.3 Å². The van der Waals surface area contributed by atoms with Gasteiger partial charge in [-0.25, -0.2) is 0 Å². The molecule has 0 saturated carbocycles. The van der Waals surface area contributed by atoms with Crippen LogP contribution >= 0.6 is 15.9 Å². The Morgan fingerprint density at radius 2 is 1.90 bits per heavy atom. The second-order valence-electron chi connectivity index (χ2n) is 3.66. The number of hydrogen-bond acceptors (Lipinski definition) is 4. The summed E-state index contributed by atoms with van der Waals surface area (Å²) in [5.74, 6) is 0.168. The molecule has 0 aliphatic carbocycles. The highest BCUT2D eigenvalue weighted by atomic mass is 79.9. The summed E-state index contributed by atoms with van der Waals surface area (Å²) in [4.78, 5) is 10.7. The molecule has 0 unspecified atom stereocenters. The number of hydrogen-bond donors (Lipinski definition) is 0. The summed E-state index contributed by atoms with van der Waals surface area (Å²) in [6.07, 6.45) is -3.93. The van der Waals surface area contributed by atoms with Crippen LogP contribution in [0.25, 0.3) is 0 Å². The molecule has 0 aliphatic heterocycles. The summed E-state index contributed by atoms with van der Waals surface area (Å²) in [7, 11) is 0. The molecule has 104 valence electrons.